The molecule has 0 aliphatic rings. The molecule has 0 amide bonds. The van der Waals surface area contributed by atoms with Crippen LogP contribution in [0.15, 0.2) is 24.3 Å². The summed E-state index contributed by atoms with van der Waals surface area (Å²) in [6.07, 6.45) is 0. The Balaban J connectivity index is 2.54. The van der Waals surface area contributed by atoms with Crippen molar-refractivity contribution in [3.05, 3.63) is 40.3 Å². The number of hydrazine groups is 1. The summed E-state index contributed by atoms with van der Waals surface area (Å²) >= 11 is 1.46. The molecule has 2 rings (SSSR count). The molecule has 1 aromatic carbocycles. The van der Waals surface area contributed by atoms with Crippen molar-refractivity contribution in [2.24, 2.45) is 5.84 Å². The van der Waals surface area contributed by atoms with Crippen molar-refractivity contribution in [3.8, 4) is 11.1 Å². The minimum atomic E-state index is -0.345. The maximum Gasteiger partial charge on any atom is 0.341 e. The van der Waals surface area contributed by atoms with Crippen molar-refractivity contribution >= 4 is 22.3 Å². The lowest BCUT2D eigenvalue weighted by Gasteiger charge is -2.10. The first kappa shape index (κ1) is 16.5. The molecule has 2 aromatic rings. The van der Waals surface area contributed by atoms with Gasteiger partial charge in [0.25, 0.3) is 0 Å². The molecule has 0 aliphatic carbocycles. The van der Waals surface area contributed by atoms with Crippen molar-refractivity contribution in [2.75, 3.05) is 12.0 Å². The van der Waals surface area contributed by atoms with Gasteiger partial charge in [0.15, 0.2) is 0 Å². The van der Waals surface area contributed by atoms with Crippen LogP contribution in [-0.4, -0.2) is 12.6 Å². The quantitative estimate of drug-likeness (QED) is 0.490. The van der Waals surface area contributed by atoms with Gasteiger partial charge in [-0.15, -0.1) is 11.3 Å². The van der Waals surface area contributed by atoms with E-state index in [-0.39, 0.29) is 5.97 Å². The number of rotatable bonds is 5. The zero-order valence-electron chi connectivity index (χ0n) is 13.4. The Labute approximate surface area is 135 Å². The highest BCUT2D eigenvalue weighted by Gasteiger charge is 2.23. The van der Waals surface area contributed by atoms with E-state index in [0.29, 0.717) is 23.1 Å². The highest BCUT2D eigenvalue weighted by atomic mass is 32.1. The molecule has 0 saturated heterocycles. The fraction of sp³-hybridized carbons (Fsp3) is 0.353. The molecule has 0 aliphatic heterocycles. The topological polar surface area (TPSA) is 64.3 Å². The molecule has 0 saturated carbocycles. The molecule has 1 heterocycles. The molecular formula is C17H22N2O2S. The monoisotopic (exact) mass is 318 g/mol. The number of nitrogens with one attached hydrogen (secondary N) is 1. The maximum atomic E-state index is 12.3. The first-order chi connectivity index (χ1) is 10.5. The van der Waals surface area contributed by atoms with Gasteiger partial charge in [0, 0.05) is 10.4 Å². The summed E-state index contributed by atoms with van der Waals surface area (Å²) in [6, 6.07) is 8.30. The highest BCUT2D eigenvalue weighted by molar-refractivity contribution is 7.17. The van der Waals surface area contributed by atoms with Crippen LogP contribution in [0.25, 0.3) is 11.1 Å². The van der Waals surface area contributed by atoms with Crippen molar-refractivity contribution in [2.45, 2.75) is 33.6 Å². The van der Waals surface area contributed by atoms with Gasteiger partial charge in [-0.3, -0.25) is 0 Å². The summed E-state index contributed by atoms with van der Waals surface area (Å²) in [7, 11) is 0. The fourth-order valence-electron chi connectivity index (χ4n) is 2.43. The minimum Gasteiger partial charge on any atom is -0.462 e. The second-order valence-corrected chi connectivity index (χ2v) is 6.60. The second-order valence-electron chi connectivity index (χ2n) is 5.38. The molecule has 0 atom stereocenters. The van der Waals surface area contributed by atoms with E-state index in [0.717, 1.165) is 16.0 Å². The molecule has 5 heteroatoms. The minimum absolute atomic E-state index is 0.337. The van der Waals surface area contributed by atoms with Crippen molar-refractivity contribution in [1.29, 1.82) is 0 Å². The van der Waals surface area contributed by atoms with Gasteiger partial charge in [-0.25, -0.2) is 10.6 Å². The second kappa shape index (κ2) is 6.94. The number of hydrogen-bond acceptors (Lipinski definition) is 5. The van der Waals surface area contributed by atoms with E-state index >= 15 is 0 Å². The average Bonchev–Trinajstić information content (AvgIpc) is 2.84. The molecule has 0 radical (unpaired) electrons. The van der Waals surface area contributed by atoms with Crippen LogP contribution in [0.4, 0.5) is 5.00 Å². The first-order valence-electron chi connectivity index (χ1n) is 7.37. The molecule has 118 valence electrons. The van der Waals surface area contributed by atoms with Crippen LogP contribution in [0.1, 0.15) is 47.5 Å². The zero-order valence-corrected chi connectivity index (χ0v) is 14.2. The van der Waals surface area contributed by atoms with Crippen LogP contribution in [-0.2, 0) is 4.74 Å². The number of nitrogens with two attached hydrogens (primary N) is 1. The van der Waals surface area contributed by atoms with Gasteiger partial charge >= 0.3 is 5.97 Å². The third-order valence-corrected chi connectivity index (χ3v) is 4.60. The van der Waals surface area contributed by atoms with E-state index in [1.807, 2.05) is 19.1 Å². The van der Waals surface area contributed by atoms with Crippen molar-refractivity contribution < 1.29 is 9.53 Å². The third-order valence-electron chi connectivity index (χ3n) is 3.56. The van der Waals surface area contributed by atoms with Crippen LogP contribution in [0.3, 0.4) is 0 Å². The number of carbonyl (C=O) groups excluding carboxylic acids is 1. The number of anilines is 1. The Morgan fingerprint density at radius 3 is 2.45 bits per heavy atom. The molecule has 1 aromatic heterocycles. The van der Waals surface area contributed by atoms with Crippen LogP contribution in [0.5, 0.6) is 0 Å². The van der Waals surface area contributed by atoms with Gasteiger partial charge in [-0.05, 0) is 30.9 Å². The summed E-state index contributed by atoms with van der Waals surface area (Å²) in [6.45, 7) is 8.43. The molecule has 0 spiro atoms. The fourth-order valence-corrected chi connectivity index (χ4v) is 3.40. The summed E-state index contributed by atoms with van der Waals surface area (Å²) in [5.74, 6) is 5.69. The molecule has 3 N–H and O–H groups in total. The largest absolute Gasteiger partial charge is 0.462 e. The number of carbonyl (C=O) groups is 1. The van der Waals surface area contributed by atoms with E-state index in [1.54, 1.807) is 6.92 Å². The van der Waals surface area contributed by atoms with Gasteiger partial charge in [-0.2, -0.15) is 0 Å². The van der Waals surface area contributed by atoms with Crippen molar-refractivity contribution in [3.63, 3.8) is 0 Å². The number of esters is 1. The number of aryl methyl sites for hydroxylation is 1. The van der Waals surface area contributed by atoms with Crippen LogP contribution >= 0.6 is 11.3 Å². The third kappa shape index (κ3) is 3.15. The number of benzene rings is 1. The SMILES string of the molecule is CCOC(=O)c1c(NN)sc(C)c1-c1ccc(C(C)C)cc1. The standard InChI is InChI=1S/C17H22N2O2S/c1-5-21-17(20)15-14(11(4)22-16(15)19-18)13-8-6-12(7-9-13)10(2)3/h6-10,19H,5,18H2,1-4H3. The summed E-state index contributed by atoms with van der Waals surface area (Å²) < 4.78 is 5.18. The lowest BCUT2D eigenvalue weighted by atomic mass is 9.97. The number of thiophene rings is 1. The highest BCUT2D eigenvalue weighted by Crippen LogP contribution is 2.40. The Morgan fingerprint density at radius 2 is 1.95 bits per heavy atom. The van der Waals surface area contributed by atoms with E-state index in [1.165, 1.54) is 16.9 Å². The number of nitrogen functional groups attached to an aromatic ring is 1. The molecular weight excluding hydrogens is 296 g/mol. The maximum absolute atomic E-state index is 12.3. The first-order valence-corrected chi connectivity index (χ1v) is 8.18. The summed E-state index contributed by atoms with van der Waals surface area (Å²) in [5.41, 5.74) is 6.30. The number of ether oxygens (including phenoxy) is 1. The van der Waals surface area contributed by atoms with E-state index < -0.39 is 0 Å². The van der Waals surface area contributed by atoms with Gasteiger partial charge in [-0.1, -0.05) is 38.1 Å². The summed E-state index contributed by atoms with van der Waals surface area (Å²) in [5, 5.41) is 0.638. The Bertz CT molecular complexity index is 660. The molecule has 0 bridgehead atoms. The van der Waals surface area contributed by atoms with Gasteiger partial charge < -0.3 is 10.2 Å². The number of hydrogen-bond donors (Lipinski definition) is 2. The lowest BCUT2D eigenvalue weighted by Crippen LogP contribution is -2.12. The average molecular weight is 318 g/mol. The van der Waals surface area contributed by atoms with Crippen LogP contribution in [0, 0.1) is 6.92 Å². The Hall–Kier alpha value is -1.85. The molecule has 0 unspecified atom stereocenters. The van der Waals surface area contributed by atoms with Gasteiger partial charge in [0.05, 0.1) is 6.61 Å². The molecule has 22 heavy (non-hydrogen) atoms. The lowest BCUT2D eigenvalue weighted by molar-refractivity contribution is 0.0529. The van der Waals surface area contributed by atoms with Crippen LogP contribution in [0.2, 0.25) is 0 Å². The molecule has 4 nitrogen and oxygen atoms in total. The van der Waals surface area contributed by atoms with Gasteiger partial charge in [0.2, 0.25) is 0 Å². The van der Waals surface area contributed by atoms with E-state index in [9.17, 15) is 4.79 Å². The molecule has 0 fully saturated rings. The van der Waals surface area contributed by atoms with E-state index in [2.05, 4.69) is 31.4 Å². The van der Waals surface area contributed by atoms with Crippen LogP contribution < -0.4 is 11.3 Å². The smallest absolute Gasteiger partial charge is 0.341 e. The van der Waals surface area contributed by atoms with Gasteiger partial charge in [0.1, 0.15) is 10.6 Å². The Morgan fingerprint density at radius 1 is 1.32 bits per heavy atom. The zero-order chi connectivity index (χ0) is 16.3. The summed E-state index contributed by atoms with van der Waals surface area (Å²) in [4.78, 5) is 13.3. The predicted octanol–water partition coefficient (Wildman–Crippen LogP) is 4.31. The van der Waals surface area contributed by atoms with E-state index in [4.69, 9.17) is 10.6 Å². The normalized spacial score (nSPS) is 10.8. The van der Waals surface area contributed by atoms with Crippen molar-refractivity contribution in [1.82, 2.24) is 0 Å². The Kier molecular flexibility index (Phi) is 5.21. The predicted molar refractivity (Wildman–Crippen MR) is 92.3 cm³/mol.